The van der Waals surface area contributed by atoms with E-state index in [1.807, 2.05) is 36.4 Å². The zero-order chi connectivity index (χ0) is 25.2. The fraction of sp³-hybridized carbons (Fsp3) is 0.219. The second-order valence-electron chi connectivity index (χ2n) is 10.2. The highest BCUT2D eigenvalue weighted by atomic mass is 16.6. The predicted octanol–water partition coefficient (Wildman–Crippen LogP) is 6.81. The minimum atomic E-state index is -0.482. The van der Waals surface area contributed by atoms with Gasteiger partial charge in [-0.15, -0.1) is 0 Å². The van der Waals surface area contributed by atoms with Crippen LogP contribution in [0.15, 0.2) is 109 Å². The minimum absolute atomic E-state index is 0.0752. The topological polar surface area (TPSA) is 44.8 Å². The van der Waals surface area contributed by atoms with Crippen molar-refractivity contribution >= 4 is 17.5 Å². The van der Waals surface area contributed by atoms with Gasteiger partial charge in [0.15, 0.2) is 0 Å². The number of nitrogens with zero attached hydrogens (tertiary/aromatic N) is 2. The van der Waals surface area contributed by atoms with E-state index in [1.165, 1.54) is 22.4 Å². The number of likely N-dealkylation sites (tertiary alicyclic amines) is 1. The lowest BCUT2D eigenvalue weighted by Gasteiger charge is -2.37. The maximum absolute atomic E-state index is 12.6. The summed E-state index contributed by atoms with van der Waals surface area (Å²) in [6.07, 6.45) is 0.781. The summed E-state index contributed by atoms with van der Waals surface area (Å²) in [6.45, 7) is 5.11. The minimum Gasteiger partial charge on any atom is -0.410 e. The van der Waals surface area contributed by atoms with E-state index in [1.54, 1.807) is 0 Å². The van der Waals surface area contributed by atoms with Crippen molar-refractivity contribution in [1.29, 1.82) is 0 Å². The first-order valence-electron chi connectivity index (χ1n) is 12.9. The lowest BCUT2D eigenvalue weighted by Crippen LogP contribution is -2.48. The van der Waals surface area contributed by atoms with Crippen LogP contribution in [0.1, 0.15) is 30.0 Å². The number of rotatable bonds is 6. The van der Waals surface area contributed by atoms with E-state index < -0.39 is 6.09 Å². The number of hydrogen-bond acceptors (Lipinski definition) is 4. The molecule has 2 aliphatic heterocycles. The first-order valence-corrected chi connectivity index (χ1v) is 12.9. The van der Waals surface area contributed by atoms with Crippen LogP contribution in [0.3, 0.4) is 0 Å². The van der Waals surface area contributed by atoms with E-state index in [0.29, 0.717) is 11.4 Å². The van der Waals surface area contributed by atoms with Gasteiger partial charge in [-0.2, -0.15) is 0 Å². The number of carbonyl (C=O) groups excluding carboxylic acids is 1. The molecule has 1 N–H and O–H groups in total. The molecule has 1 amide bonds. The molecule has 4 aromatic rings. The standard InChI is InChI=1S/C32H31N3O2/c1-32-19-20-34(22-24-11-5-2-6-12-24)30(32)35(23-25-13-7-3-8-14-25)29-18-17-27(21-28(29)32)37-31(36)33-26-15-9-4-10-16-26/h2-18,21,30H,19-20,22-23H2,1H3,(H,33,36)/t30?,32-/m1/s1. The average Bonchev–Trinajstić information content (AvgIpc) is 3.37. The lowest BCUT2D eigenvalue weighted by atomic mass is 9.81. The van der Waals surface area contributed by atoms with Gasteiger partial charge in [0.05, 0.1) is 6.17 Å². The molecule has 0 bridgehead atoms. The number of fused-ring (bicyclic) bond motifs is 3. The number of para-hydroxylation sites is 1. The smallest absolute Gasteiger partial charge is 0.410 e. The molecule has 37 heavy (non-hydrogen) atoms. The highest BCUT2D eigenvalue weighted by Gasteiger charge is 2.54. The number of benzene rings is 4. The Kier molecular flexibility index (Phi) is 6.15. The fourth-order valence-electron chi connectivity index (χ4n) is 5.97. The van der Waals surface area contributed by atoms with Crippen molar-refractivity contribution in [2.45, 2.75) is 38.0 Å². The summed E-state index contributed by atoms with van der Waals surface area (Å²) in [6, 6.07) is 36.8. The molecule has 4 aromatic carbocycles. The zero-order valence-electron chi connectivity index (χ0n) is 21.0. The third-order valence-corrected chi connectivity index (χ3v) is 7.68. The molecule has 2 aliphatic rings. The van der Waals surface area contributed by atoms with Crippen molar-refractivity contribution < 1.29 is 9.53 Å². The maximum atomic E-state index is 12.6. The second kappa shape index (κ2) is 9.75. The summed E-state index contributed by atoms with van der Waals surface area (Å²) in [7, 11) is 0. The molecule has 0 saturated carbocycles. The molecule has 1 saturated heterocycles. The molecular weight excluding hydrogens is 458 g/mol. The molecule has 2 heterocycles. The zero-order valence-corrected chi connectivity index (χ0v) is 21.0. The molecule has 0 aliphatic carbocycles. The first kappa shape index (κ1) is 23.3. The quantitative estimate of drug-likeness (QED) is 0.323. The van der Waals surface area contributed by atoms with Gasteiger partial charge in [0.2, 0.25) is 0 Å². The van der Waals surface area contributed by atoms with Crippen molar-refractivity contribution in [1.82, 2.24) is 4.90 Å². The molecule has 186 valence electrons. The third-order valence-electron chi connectivity index (χ3n) is 7.68. The van der Waals surface area contributed by atoms with Crippen molar-refractivity contribution in [3.63, 3.8) is 0 Å². The van der Waals surface area contributed by atoms with E-state index in [2.05, 4.69) is 94.8 Å². The van der Waals surface area contributed by atoms with E-state index in [0.717, 1.165) is 26.1 Å². The van der Waals surface area contributed by atoms with Gasteiger partial charge in [-0.3, -0.25) is 10.2 Å². The SMILES string of the molecule is C[C@]12CCN(Cc3ccccc3)C1N(Cc1ccccc1)c1ccc(OC(=O)Nc3ccccc3)cc12. The molecule has 1 unspecified atom stereocenters. The molecule has 2 atom stereocenters. The summed E-state index contributed by atoms with van der Waals surface area (Å²) in [5.41, 5.74) is 5.70. The van der Waals surface area contributed by atoms with E-state index in [4.69, 9.17) is 4.74 Å². The van der Waals surface area contributed by atoms with Crippen molar-refractivity contribution in [2.75, 3.05) is 16.8 Å². The predicted molar refractivity (Wildman–Crippen MR) is 148 cm³/mol. The normalized spacial score (nSPS) is 20.4. The molecular formula is C32H31N3O2. The number of hydrogen-bond donors (Lipinski definition) is 1. The number of anilines is 2. The maximum Gasteiger partial charge on any atom is 0.417 e. The Balaban J connectivity index is 1.31. The van der Waals surface area contributed by atoms with Gasteiger partial charge in [0.1, 0.15) is 5.75 Å². The van der Waals surface area contributed by atoms with Gasteiger partial charge in [0, 0.05) is 36.4 Å². The van der Waals surface area contributed by atoms with E-state index in [-0.39, 0.29) is 11.6 Å². The van der Waals surface area contributed by atoms with Crippen LogP contribution >= 0.6 is 0 Å². The van der Waals surface area contributed by atoms with Crippen LogP contribution in [0.4, 0.5) is 16.2 Å². The van der Waals surface area contributed by atoms with Crippen LogP contribution in [0.5, 0.6) is 5.75 Å². The van der Waals surface area contributed by atoms with Crippen molar-refractivity contribution in [2.24, 2.45) is 0 Å². The molecule has 0 aromatic heterocycles. The Hall–Kier alpha value is -4.09. The molecule has 0 spiro atoms. The van der Waals surface area contributed by atoms with Crippen LogP contribution in [0.25, 0.3) is 0 Å². The van der Waals surface area contributed by atoms with Crippen LogP contribution in [0, 0.1) is 0 Å². The van der Waals surface area contributed by atoms with Crippen LogP contribution < -0.4 is 15.0 Å². The van der Waals surface area contributed by atoms with Gasteiger partial charge in [-0.05, 0) is 53.4 Å². The number of amides is 1. The number of nitrogens with one attached hydrogen (secondary N) is 1. The van der Waals surface area contributed by atoms with Gasteiger partial charge < -0.3 is 9.64 Å². The second-order valence-corrected chi connectivity index (χ2v) is 10.2. The summed E-state index contributed by atoms with van der Waals surface area (Å²) in [5.74, 6) is 0.565. The fourth-order valence-corrected chi connectivity index (χ4v) is 5.97. The summed E-state index contributed by atoms with van der Waals surface area (Å²) < 4.78 is 5.73. The van der Waals surface area contributed by atoms with Gasteiger partial charge in [0.25, 0.3) is 0 Å². The molecule has 5 heteroatoms. The third kappa shape index (κ3) is 4.58. The van der Waals surface area contributed by atoms with Crippen LogP contribution in [-0.4, -0.2) is 23.7 Å². The molecule has 0 radical (unpaired) electrons. The number of carbonyl (C=O) groups is 1. The van der Waals surface area contributed by atoms with Crippen molar-refractivity contribution in [3.05, 3.63) is 126 Å². The molecule has 1 fully saturated rings. The highest BCUT2D eigenvalue weighted by Crippen LogP contribution is 2.53. The molecule has 6 rings (SSSR count). The first-order chi connectivity index (χ1) is 18.1. The van der Waals surface area contributed by atoms with Gasteiger partial charge >= 0.3 is 6.09 Å². The van der Waals surface area contributed by atoms with E-state index in [9.17, 15) is 4.79 Å². The largest absolute Gasteiger partial charge is 0.417 e. The Morgan fingerprint density at radius 1 is 0.865 bits per heavy atom. The lowest BCUT2D eigenvalue weighted by molar-refractivity contribution is 0.208. The highest BCUT2D eigenvalue weighted by molar-refractivity contribution is 5.86. The van der Waals surface area contributed by atoms with Crippen molar-refractivity contribution in [3.8, 4) is 5.75 Å². The Morgan fingerprint density at radius 2 is 1.49 bits per heavy atom. The number of ether oxygens (including phenoxy) is 1. The summed E-state index contributed by atoms with van der Waals surface area (Å²) in [5, 5.41) is 2.81. The Morgan fingerprint density at radius 3 is 2.16 bits per heavy atom. The van der Waals surface area contributed by atoms with Gasteiger partial charge in [-0.1, -0.05) is 85.8 Å². The Labute approximate surface area is 218 Å². The summed E-state index contributed by atoms with van der Waals surface area (Å²) >= 11 is 0. The molecule has 5 nitrogen and oxygen atoms in total. The van der Waals surface area contributed by atoms with E-state index >= 15 is 0 Å². The average molecular weight is 490 g/mol. The monoisotopic (exact) mass is 489 g/mol. The Bertz CT molecular complexity index is 1380. The van der Waals surface area contributed by atoms with Gasteiger partial charge in [-0.25, -0.2) is 4.79 Å². The summed E-state index contributed by atoms with van der Waals surface area (Å²) in [4.78, 5) is 17.7. The van der Waals surface area contributed by atoms with Crippen LogP contribution in [0.2, 0.25) is 0 Å². The van der Waals surface area contributed by atoms with Crippen LogP contribution in [-0.2, 0) is 18.5 Å².